The van der Waals surface area contributed by atoms with E-state index in [1.165, 1.54) is 5.56 Å². The van der Waals surface area contributed by atoms with Gasteiger partial charge in [0.2, 0.25) is 6.69 Å². The summed E-state index contributed by atoms with van der Waals surface area (Å²) in [7, 11) is -2.25. The molecule has 140 valence electrons. The third-order valence-electron chi connectivity index (χ3n) is 3.14. The highest BCUT2D eigenvalue weighted by Gasteiger charge is 2.32. The lowest BCUT2D eigenvalue weighted by molar-refractivity contribution is 0.0783. The van der Waals surface area contributed by atoms with E-state index in [1.54, 1.807) is 0 Å². The van der Waals surface area contributed by atoms with Crippen molar-refractivity contribution in [3.8, 4) is 0 Å². The number of hydrogen-bond acceptors (Lipinski definition) is 3. The summed E-state index contributed by atoms with van der Waals surface area (Å²) in [4.78, 5) is 0. The van der Waals surface area contributed by atoms with Gasteiger partial charge in [-0.05, 0) is 51.8 Å². The van der Waals surface area contributed by atoms with Gasteiger partial charge in [-0.2, -0.15) is 0 Å². The van der Waals surface area contributed by atoms with Gasteiger partial charge in [-0.25, -0.2) is 0 Å². The second kappa shape index (κ2) is 13.3. The van der Waals surface area contributed by atoms with Crippen molar-refractivity contribution in [1.82, 2.24) is 0 Å². The van der Waals surface area contributed by atoms with Crippen LogP contribution in [0.25, 0.3) is 0 Å². The predicted molar refractivity (Wildman–Crippen MR) is 109 cm³/mol. The van der Waals surface area contributed by atoms with Gasteiger partial charge < -0.3 is 13.3 Å². The first kappa shape index (κ1) is 24.1. The number of aryl methyl sites for hydroxylation is 1. The van der Waals surface area contributed by atoms with E-state index in [0.29, 0.717) is 19.8 Å². The lowest BCUT2D eigenvalue weighted by Crippen LogP contribution is -2.42. The van der Waals surface area contributed by atoms with E-state index in [2.05, 4.69) is 24.3 Å². The molecule has 0 saturated carbocycles. The Balaban J connectivity index is 0.000000449. The molecule has 0 aromatic heterocycles. The van der Waals surface area contributed by atoms with Gasteiger partial charge in [0, 0.05) is 26.4 Å². The molecule has 0 amide bonds. The average Bonchev–Trinajstić information content (AvgIpc) is 2.48. The lowest BCUT2D eigenvalue weighted by atomic mass is 10.1. The number of benzene rings is 1. The van der Waals surface area contributed by atoms with Crippen molar-refractivity contribution in [1.29, 1.82) is 0 Å². The van der Waals surface area contributed by atoms with Gasteiger partial charge in [0.15, 0.2) is 0 Å². The summed E-state index contributed by atoms with van der Waals surface area (Å²) in [6, 6.07) is 11.4. The Morgan fingerprint density at radius 2 is 1.29 bits per heavy atom. The largest absolute Gasteiger partial charge is 0.497 e. The average molecular weight is 412 g/mol. The molecule has 0 atom stereocenters. The van der Waals surface area contributed by atoms with Crippen molar-refractivity contribution >= 4 is 37.7 Å². The maximum atomic E-state index is 6.00. The second-order valence-electron chi connectivity index (χ2n) is 5.57. The Hall–Kier alpha value is 0.114. The number of halogens is 2. The van der Waals surface area contributed by atoms with E-state index >= 15 is 0 Å². The van der Waals surface area contributed by atoms with Crippen LogP contribution in [0.4, 0.5) is 0 Å². The van der Waals surface area contributed by atoms with Crippen LogP contribution in [-0.2, 0) is 19.7 Å². The number of hydrogen-bond donors (Lipinski definition) is 0. The Kier molecular flexibility index (Phi) is 13.4. The standard InChI is InChI=1S/C10H14Cl2Si.C7H18O3Si/c1-13(11,12)9-5-8-10-6-3-2-4-7-10;1-5-8-11(4,9-6-2)10-7-3/h2-4,6-7H,5,8-9H2,1H3;5-7H2,1-4H3. The third-order valence-corrected chi connectivity index (χ3v) is 7.95. The topological polar surface area (TPSA) is 27.7 Å². The first-order valence-electron chi connectivity index (χ1n) is 8.60. The molecule has 0 aliphatic carbocycles. The van der Waals surface area contributed by atoms with Gasteiger partial charge in [0.1, 0.15) is 0 Å². The Labute approximate surface area is 159 Å². The molecule has 0 saturated heterocycles. The minimum Gasteiger partial charge on any atom is -0.374 e. The normalized spacial score (nSPS) is 11.8. The van der Waals surface area contributed by atoms with Crippen LogP contribution in [-0.4, -0.2) is 35.3 Å². The first-order valence-corrected chi connectivity index (χ1v) is 15.6. The second-order valence-corrected chi connectivity index (χ2v) is 16.4. The zero-order valence-corrected chi connectivity index (χ0v) is 19.1. The Morgan fingerprint density at radius 3 is 1.67 bits per heavy atom. The van der Waals surface area contributed by atoms with Gasteiger partial charge in [-0.3, -0.25) is 0 Å². The molecule has 3 nitrogen and oxygen atoms in total. The molecule has 7 heteroatoms. The molecule has 0 aliphatic rings. The summed E-state index contributed by atoms with van der Waals surface area (Å²) in [5, 5.41) is 0. The summed E-state index contributed by atoms with van der Waals surface area (Å²) in [5.74, 6) is 0. The maximum Gasteiger partial charge on any atom is 0.497 e. The van der Waals surface area contributed by atoms with Crippen LogP contribution >= 0.6 is 22.2 Å². The molecule has 0 N–H and O–H groups in total. The molecule has 0 fully saturated rings. The molecule has 1 aromatic carbocycles. The van der Waals surface area contributed by atoms with Gasteiger partial charge in [0.05, 0.1) is 0 Å². The van der Waals surface area contributed by atoms with E-state index in [0.717, 1.165) is 18.9 Å². The molecule has 0 aliphatic heterocycles. The molecular formula is C17H32Cl2O3Si2. The van der Waals surface area contributed by atoms with Crippen LogP contribution in [0.15, 0.2) is 30.3 Å². The monoisotopic (exact) mass is 410 g/mol. The molecular weight excluding hydrogens is 379 g/mol. The summed E-state index contributed by atoms with van der Waals surface area (Å²) in [5.41, 5.74) is 1.37. The molecule has 24 heavy (non-hydrogen) atoms. The quantitative estimate of drug-likeness (QED) is 0.358. The Bertz CT molecular complexity index is 397. The zero-order valence-electron chi connectivity index (χ0n) is 15.6. The minimum absolute atomic E-state index is 0.655. The fourth-order valence-electron chi connectivity index (χ4n) is 2.16. The smallest absolute Gasteiger partial charge is 0.374 e. The third kappa shape index (κ3) is 13.4. The fourth-order valence-corrected chi connectivity index (χ4v) is 5.58. The minimum atomic E-state index is -2.25. The summed E-state index contributed by atoms with van der Waals surface area (Å²) < 4.78 is 16.2. The van der Waals surface area contributed by atoms with Crippen molar-refractivity contribution in [2.75, 3.05) is 19.8 Å². The highest BCUT2D eigenvalue weighted by Crippen LogP contribution is 2.22. The maximum absolute atomic E-state index is 6.00. The number of rotatable bonds is 10. The molecule has 0 bridgehead atoms. The molecule has 1 rings (SSSR count). The van der Waals surface area contributed by atoms with Gasteiger partial charge >= 0.3 is 8.80 Å². The predicted octanol–water partition coefficient (Wildman–Crippen LogP) is 5.83. The van der Waals surface area contributed by atoms with Crippen LogP contribution in [0.1, 0.15) is 32.8 Å². The van der Waals surface area contributed by atoms with Crippen LogP contribution in [0, 0.1) is 0 Å². The highest BCUT2D eigenvalue weighted by atomic mass is 35.7. The van der Waals surface area contributed by atoms with Gasteiger partial charge in [-0.1, -0.05) is 30.3 Å². The van der Waals surface area contributed by atoms with Crippen LogP contribution in [0.5, 0.6) is 0 Å². The molecule has 0 spiro atoms. The molecule has 1 aromatic rings. The summed E-state index contributed by atoms with van der Waals surface area (Å²) >= 11 is 12.0. The Morgan fingerprint density at radius 1 is 0.833 bits per heavy atom. The summed E-state index contributed by atoms with van der Waals surface area (Å²) in [6.07, 6.45) is 2.18. The van der Waals surface area contributed by atoms with Gasteiger partial charge in [0.25, 0.3) is 0 Å². The molecule has 0 heterocycles. The van der Waals surface area contributed by atoms with E-state index in [1.807, 2.05) is 39.9 Å². The van der Waals surface area contributed by atoms with Crippen molar-refractivity contribution in [2.24, 2.45) is 0 Å². The van der Waals surface area contributed by atoms with Crippen molar-refractivity contribution in [2.45, 2.75) is 52.8 Å². The molecule has 0 radical (unpaired) electrons. The SMILES string of the molecule is CCO[Si](C)(OCC)OCC.C[Si](Cl)(Cl)CCCc1ccccc1. The summed E-state index contributed by atoms with van der Waals surface area (Å²) in [6.45, 7) is 9.84. The van der Waals surface area contributed by atoms with E-state index in [9.17, 15) is 0 Å². The zero-order chi connectivity index (χ0) is 18.5. The van der Waals surface area contributed by atoms with Crippen LogP contribution in [0.2, 0.25) is 19.1 Å². The molecule has 0 unspecified atom stereocenters. The van der Waals surface area contributed by atoms with Gasteiger partial charge in [-0.15, -0.1) is 22.2 Å². The lowest BCUT2D eigenvalue weighted by Gasteiger charge is -2.23. The van der Waals surface area contributed by atoms with Crippen molar-refractivity contribution in [3.05, 3.63) is 35.9 Å². The van der Waals surface area contributed by atoms with Crippen molar-refractivity contribution < 1.29 is 13.3 Å². The fraction of sp³-hybridized carbons (Fsp3) is 0.647. The van der Waals surface area contributed by atoms with Crippen LogP contribution < -0.4 is 0 Å². The van der Waals surface area contributed by atoms with Crippen LogP contribution in [0.3, 0.4) is 0 Å². The van der Waals surface area contributed by atoms with E-state index in [-0.39, 0.29) is 0 Å². The highest BCUT2D eigenvalue weighted by molar-refractivity contribution is 7.44. The van der Waals surface area contributed by atoms with Crippen molar-refractivity contribution in [3.63, 3.8) is 0 Å². The van der Waals surface area contributed by atoms with E-state index < -0.39 is 15.5 Å². The van der Waals surface area contributed by atoms with E-state index in [4.69, 9.17) is 35.4 Å². The first-order chi connectivity index (χ1) is 11.3.